The summed E-state index contributed by atoms with van der Waals surface area (Å²) in [5.74, 6) is -0.183. The highest BCUT2D eigenvalue weighted by molar-refractivity contribution is 7.93. The van der Waals surface area contributed by atoms with E-state index < -0.39 is 15.9 Å². The lowest BCUT2D eigenvalue weighted by Gasteiger charge is -2.22. The molecule has 1 saturated heterocycles. The molecule has 3 atom stereocenters. The van der Waals surface area contributed by atoms with Crippen LogP contribution in [-0.2, 0) is 19.4 Å². The number of ether oxygens (including phenoxy) is 1. The number of aliphatic imine (C=N–C) groups is 1. The van der Waals surface area contributed by atoms with Crippen LogP contribution in [0.15, 0.2) is 26.7 Å². The molecule has 2 N–H and O–H groups in total. The van der Waals surface area contributed by atoms with Gasteiger partial charge in [0.15, 0.2) is 15.8 Å². The molecule has 0 spiro atoms. The molecule has 0 amide bonds. The van der Waals surface area contributed by atoms with Gasteiger partial charge in [-0.25, -0.2) is 8.42 Å². The minimum atomic E-state index is -3.52. The second-order valence-electron chi connectivity index (χ2n) is 6.57. The second kappa shape index (κ2) is 9.52. The molecule has 3 unspecified atom stereocenters. The Morgan fingerprint density at radius 1 is 1.52 bits per heavy atom. The van der Waals surface area contributed by atoms with E-state index in [1.165, 1.54) is 13.2 Å². The van der Waals surface area contributed by atoms with Crippen molar-refractivity contribution < 1.29 is 23.1 Å². The van der Waals surface area contributed by atoms with Crippen molar-refractivity contribution in [3.63, 3.8) is 0 Å². The lowest BCUT2D eigenvalue weighted by Crippen LogP contribution is -2.41. The summed E-state index contributed by atoms with van der Waals surface area (Å²) < 4.78 is 29.6. The Balaban J connectivity index is 2.02. The van der Waals surface area contributed by atoms with Crippen LogP contribution in [0.1, 0.15) is 13.8 Å². The summed E-state index contributed by atoms with van der Waals surface area (Å²) in [6, 6.07) is 3.19. The van der Waals surface area contributed by atoms with Gasteiger partial charge in [-0.3, -0.25) is 9.79 Å². The van der Waals surface area contributed by atoms with Crippen molar-refractivity contribution in [2.45, 2.75) is 24.2 Å². The number of rotatable bonds is 7. The average Bonchev–Trinajstić information content (AvgIpc) is 3.27. The maximum atomic E-state index is 12.2. The van der Waals surface area contributed by atoms with Gasteiger partial charge in [0.2, 0.25) is 0 Å². The first-order valence-electron chi connectivity index (χ1n) is 8.83. The van der Waals surface area contributed by atoms with Crippen LogP contribution in [0.3, 0.4) is 0 Å². The zero-order valence-corrected chi connectivity index (χ0v) is 17.4. The molecule has 1 aromatic rings. The number of hydrogen-bond acceptors (Lipinski definition) is 7. The van der Waals surface area contributed by atoms with E-state index in [1.54, 1.807) is 11.4 Å². The van der Waals surface area contributed by atoms with Gasteiger partial charge in [-0.1, -0.05) is 13.0 Å². The molecule has 0 saturated carbocycles. The number of sulfone groups is 1. The van der Waals surface area contributed by atoms with Crippen molar-refractivity contribution in [1.29, 1.82) is 0 Å². The number of methoxy groups -OCH3 is 1. The van der Waals surface area contributed by atoms with Crippen LogP contribution in [0.25, 0.3) is 0 Å². The van der Waals surface area contributed by atoms with Crippen molar-refractivity contribution in [3.8, 4) is 0 Å². The molecule has 1 aromatic heterocycles. The maximum absolute atomic E-state index is 12.2. The predicted octanol–water partition coefficient (Wildman–Crippen LogP) is 0.589. The fourth-order valence-corrected chi connectivity index (χ4v) is 5.51. The number of hydrogen-bond donors (Lipinski definition) is 2. The van der Waals surface area contributed by atoms with Gasteiger partial charge in [0.1, 0.15) is 4.21 Å². The van der Waals surface area contributed by atoms with Gasteiger partial charge in [0.25, 0.3) is 0 Å². The lowest BCUT2D eigenvalue weighted by atomic mass is 9.99. The molecule has 27 heavy (non-hydrogen) atoms. The van der Waals surface area contributed by atoms with Gasteiger partial charge < -0.3 is 20.1 Å². The Labute approximate surface area is 164 Å². The SMILES string of the molecule is CCNC(=NCC(O)CS(=O)(=O)c1cccs1)N1CC(C)C(C(=O)OC)C1. The van der Waals surface area contributed by atoms with E-state index in [9.17, 15) is 18.3 Å². The van der Waals surface area contributed by atoms with Gasteiger partial charge in [0.05, 0.1) is 31.4 Å². The van der Waals surface area contributed by atoms with E-state index in [1.807, 2.05) is 18.7 Å². The Bertz CT molecular complexity index is 749. The van der Waals surface area contributed by atoms with E-state index >= 15 is 0 Å². The number of aliphatic hydroxyl groups excluding tert-OH is 1. The fourth-order valence-electron chi connectivity index (χ4n) is 3.04. The van der Waals surface area contributed by atoms with E-state index in [4.69, 9.17) is 4.74 Å². The summed E-state index contributed by atoms with van der Waals surface area (Å²) in [6.45, 7) is 5.59. The predicted molar refractivity (Wildman–Crippen MR) is 105 cm³/mol. The minimum Gasteiger partial charge on any atom is -0.469 e. The smallest absolute Gasteiger partial charge is 0.310 e. The number of carbonyl (C=O) groups excluding carboxylic acids is 1. The molecule has 1 aliphatic heterocycles. The summed E-state index contributed by atoms with van der Waals surface area (Å²) in [5.41, 5.74) is 0. The quantitative estimate of drug-likeness (QED) is 0.380. The number of carbonyl (C=O) groups is 1. The first kappa shape index (κ1) is 21.6. The van der Waals surface area contributed by atoms with Gasteiger partial charge in [-0.2, -0.15) is 0 Å². The topological polar surface area (TPSA) is 108 Å². The molecule has 2 rings (SSSR count). The standard InChI is InChI=1S/C17H27N3O5S2/c1-4-18-17(20-9-12(2)14(10-20)16(22)25-3)19-8-13(21)11-27(23,24)15-6-5-7-26-15/h5-7,12-14,21H,4,8-11H2,1-3H3,(H,18,19). The molecule has 10 heteroatoms. The molecular weight excluding hydrogens is 390 g/mol. The summed E-state index contributed by atoms with van der Waals surface area (Å²) >= 11 is 1.13. The first-order chi connectivity index (χ1) is 12.8. The number of thiophene rings is 1. The Hall–Kier alpha value is -1.65. The van der Waals surface area contributed by atoms with Gasteiger partial charge in [-0.05, 0) is 24.3 Å². The van der Waals surface area contributed by atoms with Crippen LogP contribution in [0, 0.1) is 11.8 Å². The van der Waals surface area contributed by atoms with Crippen LogP contribution in [0.2, 0.25) is 0 Å². The summed E-state index contributed by atoms with van der Waals surface area (Å²) in [6.07, 6.45) is -1.11. The molecular formula is C17H27N3O5S2. The highest BCUT2D eigenvalue weighted by Gasteiger charge is 2.37. The number of aliphatic hydroxyl groups is 1. The average molecular weight is 418 g/mol. The molecule has 152 valence electrons. The van der Waals surface area contributed by atoms with Crippen molar-refractivity contribution in [2.75, 3.05) is 39.0 Å². The van der Waals surface area contributed by atoms with E-state index in [2.05, 4.69) is 10.3 Å². The van der Waals surface area contributed by atoms with Crippen LogP contribution < -0.4 is 5.32 Å². The molecule has 1 fully saturated rings. The van der Waals surface area contributed by atoms with Crippen LogP contribution in [0.4, 0.5) is 0 Å². The zero-order valence-electron chi connectivity index (χ0n) is 15.8. The molecule has 1 aliphatic rings. The van der Waals surface area contributed by atoms with Crippen LogP contribution >= 0.6 is 11.3 Å². The number of nitrogens with zero attached hydrogens (tertiary/aromatic N) is 2. The molecule has 0 radical (unpaired) electrons. The third kappa shape index (κ3) is 5.66. The van der Waals surface area contributed by atoms with E-state index in [0.29, 0.717) is 25.6 Å². The third-order valence-corrected chi connectivity index (χ3v) is 7.70. The van der Waals surface area contributed by atoms with Gasteiger partial charge >= 0.3 is 5.97 Å². The first-order valence-corrected chi connectivity index (χ1v) is 11.4. The molecule has 0 aliphatic carbocycles. The number of nitrogens with one attached hydrogen (secondary N) is 1. The zero-order chi connectivity index (χ0) is 20.0. The summed E-state index contributed by atoms with van der Waals surface area (Å²) in [7, 11) is -2.15. The Morgan fingerprint density at radius 3 is 2.85 bits per heavy atom. The third-order valence-electron chi connectivity index (χ3n) is 4.42. The molecule has 2 heterocycles. The Kier molecular flexibility index (Phi) is 7.63. The molecule has 8 nitrogen and oxygen atoms in total. The normalized spacial score (nSPS) is 21.9. The van der Waals surface area contributed by atoms with Crippen LogP contribution in [-0.4, -0.2) is 75.5 Å². The second-order valence-corrected chi connectivity index (χ2v) is 9.78. The summed E-state index contributed by atoms with van der Waals surface area (Å²) in [5, 5.41) is 15.0. The lowest BCUT2D eigenvalue weighted by molar-refractivity contribution is -0.145. The monoisotopic (exact) mass is 417 g/mol. The molecule has 0 bridgehead atoms. The van der Waals surface area contributed by atoms with Gasteiger partial charge in [-0.15, -0.1) is 11.3 Å². The van der Waals surface area contributed by atoms with E-state index in [0.717, 1.165) is 11.3 Å². The number of esters is 1. The highest BCUT2D eigenvalue weighted by atomic mass is 32.2. The van der Waals surface area contributed by atoms with Crippen molar-refractivity contribution >= 4 is 33.1 Å². The largest absolute Gasteiger partial charge is 0.469 e. The van der Waals surface area contributed by atoms with Gasteiger partial charge in [0, 0.05) is 19.6 Å². The number of likely N-dealkylation sites (tertiary alicyclic amines) is 1. The van der Waals surface area contributed by atoms with Crippen LogP contribution in [0.5, 0.6) is 0 Å². The fraction of sp³-hybridized carbons (Fsp3) is 0.647. The van der Waals surface area contributed by atoms with Crippen molar-refractivity contribution in [1.82, 2.24) is 10.2 Å². The van der Waals surface area contributed by atoms with E-state index in [-0.39, 0.29) is 34.3 Å². The highest BCUT2D eigenvalue weighted by Crippen LogP contribution is 2.24. The van der Waals surface area contributed by atoms with Crippen molar-refractivity contribution in [3.05, 3.63) is 17.5 Å². The number of guanidine groups is 1. The minimum absolute atomic E-state index is 0.0410. The summed E-state index contributed by atoms with van der Waals surface area (Å²) in [4.78, 5) is 18.2. The van der Waals surface area contributed by atoms with Crippen molar-refractivity contribution in [2.24, 2.45) is 16.8 Å². The molecule has 0 aromatic carbocycles. The maximum Gasteiger partial charge on any atom is 0.310 e. The Morgan fingerprint density at radius 2 is 2.26 bits per heavy atom.